The smallest absolute Gasteiger partial charge is 0.416 e. The molecule has 2 aromatic rings. The number of carbonyl (C=O) groups excluding carboxylic acids is 1. The summed E-state index contributed by atoms with van der Waals surface area (Å²) in [4.78, 5) is 26.0. The lowest BCUT2D eigenvalue weighted by Crippen LogP contribution is -2.49. The fourth-order valence-corrected chi connectivity index (χ4v) is 3.00. The third-order valence-electron chi connectivity index (χ3n) is 4.46. The van der Waals surface area contributed by atoms with E-state index in [0.717, 1.165) is 12.1 Å². The number of hydrogen-bond acceptors (Lipinski definition) is 5. The Labute approximate surface area is 157 Å². The number of pyridine rings is 1. The molecule has 0 saturated carbocycles. The van der Waals surface area contributed by atoms with Gasteiger partial charge in [0.05, 0.1) is 16.1 Å². The number of benzene rings is 1. The number of anilines is 1. The van der Waals surface area contributed by atoms with E-state index in [0.29, 0.717) is 16.4 Å². The van der Waals surface area contributed by atoms with Gasteiger partial charge in [-0.05, 0) is 12.1 Å². The van der Waals surface area contributed by atoms with Gasteiger partial charge >= 0.3 is 6.18 Å². The highest BCUT2D eigenvalue weighted by molar-refractivity contribution is 5.94. The molecule has 0 unspecified atom stereocenters. The van der Waals surface area contributed by atoms with Crippen LogP contribution in [0.1, 0.15) is 15.9 Å². The molecule has 1 aliphatic rings. The van der Waals surface area contributed by atoms with Gasteiger partial charge in [-0.25, -0.2) is 0 Å². The number of hydrogen-bond donors (Lipinski definition) is 0. The Bertz CT molecular complexity index is 894. The third kappa shape index (κ3) is 3.97. The highest BCUT2D eigenvalue weighted by atomic mass is 19.4. The van der Waals surface area contributed by atoms with Crippen molar-refractivity contribution in [3.8, 4) is 0 Å². The number of nitro groups is 1. The van der Waals surface area contributed by atoms with Crippen molar-refractivity contribution in [1.82, 2.24) is 4.90 Å². The van der Waals surface area contributed by atoms with Gasteiger partial charge in [-0.15, -0.1) is 0 Å². The summed E-state index contributed by atoms with van der Waals surface area (Å²) in [7, 11) is 0. The Morgan fingerprint density at radius 2 is 1.68 bits per heavy atom. The van der Waals surface area contributed by atoms with E-state index in [2.05, 4.69) is 0 Å². The van der Waals surface area contributed by atoms with Crippen LogP contribution in [-0.2, 0) is 6.18 Å². The Kier molecular flexibility index (Phi) is 5.08. The predicted octanol–water partition coefficient (Wildman–Crippen LogP) is 2.21. The monoisotopic (exact) mass is 396 g/mol. The van der Waals surface area contributed by atoms with E-state index in [-0.39, 0.29) is 37.8 Å². The lowest BCUT2D eigenvalue weighted by Gasteiger charge is -2.35. The van der Waals surface area contributed by atoms with Crippen LogP contribution < -0.4 is 9.63 Å². The predicted molar refractivity (Wildman–Crippen MR) is 91.6 cm³/mol. The first-order chi connectivity index (χ1) is 13.2. The zero-order chi connectivity index (χ0) is 20.5. The van der Waals surface area contributed by atoms with Crippen LogP contribution in [0, 0.1) is 15.3 Å². The van der Waals surface area contributed by atoms with Gasteiger partial charge in [0, 0.05) is 44.4 Å². The number of halogens is 3. The van der Waals surface area contributed by atoms with Gasteiger partial charge in [-0.3, -0.25) is 14.9 Å². The van der Waals surface area contributed by atoms with Gasteiger partial charge in [0.15, 0.2) is 12.4 Å². The van der Waals surface area contributed by atoms with E-state index in [1.54, 1.807) is 4.90 Å². The van der Waals surface area contributed by atoms with Gasteiger partial charge in [-0.1, -0.05) is 0 Å². The van der Waals surface area contributed by atoms with E-state index >= 15 is 0 Å². The molecule has 1 aromatic carbocycles. The number of piperazine rings is 1. The summed E-state index contributed by atoms with van der Waals surface area (Å²) in [5.41, 5.74) is -1.30. The van der Waals surface area contributed by atoms with E-state index < -0.39 is 22.4 Å². The molecule has 2 heterocycles. The second-order valence-electron chi connectivity index (χ2n) is 6.18. The first-order valence-electron chi connectivity index (χ1n) is 8.25. The number of carbonyl (C=O) groups is 1. The number of amides is 1. The zero-order valence-corrected chi connectivity index (χ0v) is 14.4. The van der Waals surface area contributed by atoms with Gasteiger partial charge in [0.2, 0.25) is 0 Å². The second kappa shape index (κ2) is 7.33. The normalized spacial score (nSPS) is 14.8. The average molecular weight is 396 g/mol. The van der Waals surface area contributed by atoms with Crippen molar-refractivity contribution < 1.29 is 27.6 Å². The minimum absolute atomic E-state index is 0.0807. The molecule has 11 heteroatoms. The van der Waals surface area contributed by atoms with Gasteiger partial charge in [0.25, 0.3) is 11.6 Å². The summed E-state index contributed by atoms with van der Waals surface area (Å²) >= 11 is 0. The molecule has 148 valence electrons. The van der Waals surface area contributed by atoms with E-state index in [1.807, 2.05) is 0 Å². The molecule has 0 bridgehead atoms. The summed E-state index contributed by atoms with van der Waals surface area (Å²) in [6.45, 7) is 0.936. The minimum Gasteiger partial charge on any atom is -0.619 e. The van der Waals surface area contributed by atoms with Crippen molar-refractivity contribution >= 4 is 17.3 Å². The molecule has 1 aliphatic heterocycles. The summed E-state index contributed by atoms with van der Waals surface area (Å²) in [6.07, 6.45) is -2.27. The number of rotatable bonds is 3. The zero-order valence-electron chi connectivity index (χ0n) is 14.4. The Balaban J connectivity index is 1.75. The summed E-state index contributed by atoms with van der Waals surface area (Å²) < 4.78 is 39.0. The van der Waals surface area contributed by atoms with E-state index in [4.69, 9.17) is 0 Å². The Morgan fingerprint density at radius 3 is 2.21 bits per heavy atom. The molecule has 1 amide bonds. The second-order valence-corrected chi connectivity index (χ2v) is 6.18. The maximum atomic E-state index is 12.8. The van der Waals surface area contributed by atoms with Crippen molar-refractivity contribution in [2.75, 3.05) is 31.1 Å². The van der Waals surface area contributed by atoms with Crippen molar-refractivity contribution in [3.05, 3.63) is 69.2 Å². The molecule has 28 heavy (non-hydrogen) atoms. The lowest BCUT2D eigenvalue weighted by atomic mass is 10.1. The molecular formula is C17H15F3N4O4. The van der Waals surface area contributed by atoms with Crippen LogP contribution in [0.15, 0.2) is 42.7 Å². The van der Waals surface area contributed by atoms with Crippen LogP contribution in [0.2, 0.25) is 0 Å². The molecule has 0 radical (unpaired) electrons. The molecule has 1 saturated heterocycles. The van der Waals surface area contributed by atoms with Crippen LogP contribution in [0.25, 0.3) is 0 Å². The standard InChI is InChI=1S/C17H15F3N4O4/c18-17(19,20)13-1-2-14(15(11-13)24(27)28)21-7-9-22(10-8-21)16(25)12-3-5-23(26)6-4-12/h1-6,11H,7-10H2. The number of nitrogens with zero attached hydrogens (tertiary/aromatic N) is 4. The van der Waals surface area contributed by atoms with Gasteiger partial charge in [0.1, 0.15) is 5.69 Å². The number of nitro benzene ring substituents is 1. The molecule has 0 spiro atoms. The summed E-state index contributed by atoms with van der Waals surface area (Å²) in [5, 5.41) is 22.3. The van der Waals surface area contributed by atoms with Crippen LogP contribution in [0.3, 0.4) is 0 Å². The number of alkyl halides is 3. The van der Waals surface area contributed by atoms with Crippen molar-refractivity contribution in [2.24, 2.45) is 0 Å². The Morgan fingerprint density at radius 1 is 1.07 bits per heavy atom. The molecule has 0 N–H and O–H groups in total. The Hall–Kier alpha value is -3.37. The number of aromatic nitrogens is 1. The highest BCUT2D eigenvalue weighted by Crippen LogP contribution is 2.36. The topological polar surface area (TPSA) is 93.6 Å². The highest BCUT2D eigenvalue weighted by Gasteiger charge is 2.34. The minimum atomic E-state index is -4.67. The maximum Gasteiger partial charge on any atom is 0.416 e. The molecule has 8 nitrogen and oxygen atoms in total. The van der Waals surface area contributed by atoms with E-state index in [9.17, 15) is 33.3 Å². The van der Waals surface area contributed by atoms with Crippen molar-refractivity contribution in [2.45, 2.75) is 6.18 Å². The van der Waals surface area contributed by atoms with Crippen LogP contribution in [0.4, 0.5) is 24.5 Å². The molecule has 1 aromatic heterocycles. The first-order valence-corrected chi connectivity index (χ1v) is 8.25. The van der Waals surface area contributed by atoms with Gasteiger partial charge < -0.3 is 15.0 Å². The third-order valence-corrected chi connectivity index (χ3v) is 4.46. The summed E-state index contributed by atoms with van der Waals surface area (Å²) in [6, 6.07) is 5.20. The van der Waals surface area contributed by atoms with E-state index in [1.165, 1.54) is 29.4 Å². The first kappa shape index (κ1) is 19.4. The molecule has 0 atom stereocenters. The fraction of sp³-hybridized carbons (Fsp3) is 0.294. The van der Waals surface area contributed by atoms with Crippen molar-refractivity contribution in [3.63, 3.8) is 0 Å². The molecule has 3 rings (SSSR count). The van der Waals surface area contributed by atoms with Crippen LogP contribution in [-0.4, -0.2) is 41.9 Å². The largest absolute Gasteiger partial charge is 0.619 e. The van der Waals surface area contributed by atoms with Gasteiger partial charge in [-0.2, -0.15) is 17.9 Å². The van der Waals surface area contributed by atoms with Crippen molar-refractivity contribution in [1.29, 1.82) is 0 Å². The molecule has 1 fully saturated rings. The fourth-order valence-electron chi connectivity index (χ4n) is 3.00. The average Bonchev–Trinajstić information content (AvgIpc) is 2.67. The lowest BCUT2D eigenvalue weighted by molar-refractivity contribution is -0.605. The molecular weight excluding hydrogens is 381 g/mol. The SMILES string of the molecule is O=C(c1cc[n+]([O-])cc1)N1CCN(c2ccc(C(F)(F)F)cc2[N+](=O)[O-])CC1. The van der Waals surface area contributed by atoms with Crippen LogP contribution in [0.5, 0.6) is 0 Å². The maximum absolute atomic E-state index is 12.8. The summed E-state index contributed by atoms with van der Waals surface area (Å²) in [5.74, 6) is -0.290. The molecule has 0 aliphatic carbocycles. The van der Waals surface area contributed by atoms with Crippen LogP contribution >= 0.6 is 0 Å². The quantitative estimate of drug-likeness (QED) is 0.343.